The fourth-order valence-electron chi connectivity index (χ4n) is 9.28. The molecule has 0 saturated heterocycles. The average molecular weight is 745 g/mol. The summed E-state index contributed by atoms with van der Waals surface area (Å²) in [6.07, 6.45) is 1.93. The van der Waals surface area contributed by atoms with Gasteiger partial charge < -0.3 is 4.57 Å². The fraction of sp³-hybridized carbons (Fsp3) is 0.0185. The molecule has 1 unspecified atom stereocenters. The molecule has 8 aromatic carbocycles. The van der Waals surface area contributed by atoms with Crippen LogP contribution in [0.2, 0.25) is 0 Å². The standard InChI is InChI=1S/C54H37N2P/c1-4-16-40(17-5-1)54(41-18-6-2-7-19-41)49-24-12-10-22-45(49)46-33-32-44(37-50(46)54)57(53-26-14-15-35-55-53)43-30-27-38(28-31-43)39-29-34-52-48(36-39)47-23-11-13-25-51(47)56(52)42-20-8-3-9-21-42/h1-37H. The van der Waals surface area contributed by atoms with E-state index < -0.39 is 13.3 Å². The normalized spacial score (nSPS) is 13.3. The predicted molar refractivity (Wildman–Crippen MR) is 240 cm³/mol. The summed E-state index contributed by atoms with van der Waals surface area (Å²) in [5, 5.41) is 5.07. The first-order valence-electron chi connectivity index (χ1n) is 19.5. The van der Waals surface area contributed by atoms with Gasteiger partial charge >= 0.3 is 0 Å². The van der Waals surface area contributed by atoms with Crippen molar-refractivity contribution in [1.82, 2.24) is 9.55 Å². The Morgan fingerprint density at radius 1 is 0.404 bits per heavy atom. The molecule has 268 valence electrons. The SMILES string of the molecule is c1ccc(-n2c3ccccc3c3cc(-c4ccc(P(c5ccc6c(c5)C(c5ccccc5)(c5ccccc5)c5ccccc5-6)c5ccccn5)cc4)ccc32)cc1. The fourth-order valence-corrected chi connectivity index (χ4v) is 11.5. The molecule has 2 heterocycles. The molecular formula is C54H37N2P. The third-order valence-corrected chi connectivity index (χ3v) is 14.1. The molecule has 0 radical (unpaired) electrons. The first-order valence-corrected chi connectivity index (χ1v) is 20.9. The molecule has 0 saturated carbocycles. The minimum absolute atomic E-state index is 0.457. The van der Waals surface area contributed by atoms with Crippen LogP contribution in [0.5, 0.6) is 0 Å². The number of rotatable bonds is 7. The van der Waals surface area contributed by atoms with E-state index in [2.05, 4.69) is 217 Å². The van der Waals surface area contributed by atoms with Crippen LogP contribution >= 0.6 is 7.92 Å². The summed E-state index contributed by atoms with van der Waals surface area (Å²) in [5.74, 6) is 0. The second-order valence-corrected chi connectivity index (χ2v) is 16.9. The van der Waals surface area contributed by atoms with Crippen LogP contribution < -0.4 is 16.0 Å². The number of benzene rings is 8. The zero-order valence-electron chi connectivity index (χ0n) is 31.2. The predicted octanol–water partition coefficient (Wildman–Crippen LogP) is 12.0. The maximum Gasteiger partial charge on any atom is 0.0720 e. The molecule has 10 aromatic rings. The topological polar surface area (TPSA) is 17.8 Å². The van der Waals surface area contributed by atoms with E-state index in [1.165, 1.54) is 82.6 Å². The summed E-state index contributed by atoms with van der Waals surface area (Å²) >= 11 is 0. The Balaban J connectivity index is 1.05. The van der Waals surface area contributed by atoms with Gasteiger partial charge in [-0.25, -0.2) is 0 Å². The molecular weight excluding hydrogens is 708 g/mol. The number of hydrogen-bond donors (Lipinski definition) is 0. The van der Waals surface area contributed by atoms with Crippen LogP contribution in [0.3, 0.4) is 0 Å². The van der Waals surface area contributed by atoms with Gasteiger partial charge in [0.2, 0.25) is 0 Å². The molecule has 0 bridgehead atoms. The van der Waals surface area contributed by atoms with E-state index in [0.29, 0.717) is 0 Å². The Labute approximate surface area is 334 Å². The Hall–Kier alpha value is -6.86. The molecule has 3 heteroatoms. The van der Waals surface area contributed by atoms with E-state index in [1.807, 2.05) is 12.3 Å². The van der Waals surface area contributed by atoms with Crippen molar-refractivity contribution < 1.29 is 0 Å². The molecule has 0 N–H and O–H groups in total. The molecule has 11 rings (SSSR count). The lowest BCUT2D eigenvalue weighted by atomic mass is 9.68. The summed E-state index contributed by atoms with van der Waals surface area (Å²) in [6.45, 7) is 0. The summed E-state index contributed by atoms with van der Waals surface area (Å²) in [7, 11) is -0.978. The first kappa shape index (κ1) is 33.5. The van der Waals surface area contributed by atoms with Crippen molar-refractivity contribution in [2.45, 2.75) is 5.41 Å². The second-order valence-electron chi connectivity index (χ2n) is 14.7. The van der Waals surface area contributed by atoms with Crippen LogP contribution in [0.25, 0.3) is 49.7 Å². The Kier molecular flexibility index (Phi) is 8.05. The van der Waals surface area contributed by atoms with Crippen LogP contribution in [0, 0.1) is 0 Å². The van der Waals surface area contributed by atoms with E-state index in [9.17, 15) is 0 Å². The van der Waals surface area contributed by atoms with Crippen LogP contribution in [0.15, 0.2) is 225 Å². The molecule has 1 atom stereocenters. The van der Waals surface area contributed by atoms with Gasteiger partial charge in [-0.05, 0) is 104 Å². The number of para-hydroxylation sites is 2. The monoisotopic (exact) mass is 744 g/mol. The van der Waals surface area contributed by atoms with Gasteiger partial charge in [0, 0.05) is 30.6 Å². The highest BCUT2D eigenvalue weighted by molar-refractivity contribution is 7.79. The average Bonchev–Trinajstić information content (AvgIpc) is 3.78. The lowest BCUT2D eigenvalue weighted by Crippen LogP contribution is -2.30. The largest absolute Gasteiger partial charge is 0.309 e. The van der Waals surface area contributed by atoms with Crippen molar-refractivity contribution in [2.75, 3.05) is 0 Å². The van der Waals surface area contributed by atoms with Crippen molar-refractivity contribution in [3.05, 3.63) is 247 Å². The molecule has 0 fully saturated rings. The van der Waals surface area contributed by atoms with E-state index in [1.54, 1.807) is 0 Å². The van der Waals surface area contributed by atoms with Gasteiger partial charge in [0.05, 0.1) is 21.9 Å². The Morgan fingerprint density at radius 3 is 1.74 bits per heavy atom. The van der Waals surface area contributed by atoms with Gasteiger partial charge in [-0.1, -0.05) is 170 Å². The second kappa shape index (κ2) is 13.7. The quantitative estimate of drug-likeness (QED) is 0.149. The number of aromatic nitrogens is 2. The number of hydrogen-bond acceptors (Lipinski definition) is 1. The first-order chi connectivity index (χ1) is 28.3. The molecule has 1 aliphatic carbocycles. The molecule has 57 heavy (non-hydrogen) atoms. The van der Waals surface area contributed by atoms with Gasteiger partial charge in [0.15, 0.2) is 0 Å². The van der Waals surface area contributed by atoms with Gasteiger partial charge in [-0.3, -0.25) is 4.98 Å². The summed E-state index contributed by atoms with van der Waals surface area (Å²) in [4.78, 5) is 5.02. The molecule has 0 spiro atoms. The van der Waals surface area contributed by atoms with Gasteiger partial charge in [0.25, 0.3) is 0 Å². The van der Waals surface area contributed by atoms with Crippen molar-refractivity contribution >= 4 is 45.8 Å². The van der Waals surface area contributed by atoms with Gasteiger partial charge in [0.1, 0.15) is 0 Å². The Morgan fingerprint density at radius 2 is 1.00 bits per heavy atom. The Bertz CT molecular complexity index is 3010. The van der Waals surface area contributed by atoms with E-state index in [4.69, 9.17) is 4.98 Å². The third kappa shape index (κ3) is 5.33. The summed E-state index contributed by atoms with van der Waals surface area (Å²) in [6, 6.07) is 80.2. The van der Waals surface area contributed by atoms with Crippen LogP contribution in [0.4, 0.5) is 0 Å². The molecule has 2 aromatic heterocycles. The van der Waals surface area contributed by atoms with Gasteiger partial charge in [-0.15, -0.1) is 0 Å². The third-order valence-electron chi connectivity index (χ3n) is 11.7. The summed E-state index contributed by atoms with van der Waals surface area (Å²) in [5.41, 5.74) is 14.4. The molecule has 2 nitrogen and oxygen atoms in total. The minimum Gasteiger partial charge on any atom is -0.309 e. The highest BCUT2D eigenvalue weighted by atomic mass is 31.1. The minimum atomic E-state index is -0.978. The van der Waals surface area contributed by atoms with Crippen LogP contribution in [-0.4, -0.2) is 9.55 Å². The molecule has 1 aliphatic rings. The lowest BCUT2D eigenvalue weighted by molar-refractivity contribution is 0.769. The highest BCUT2D eigenvalue weighted by Gasteiger charge is 2.46. The molecule has 0 aliphatic heterocycles. The van der Waals surface area contributed by atoms with Crippen molar-refractivity contribution in [1.29, 1.82) is 0 Å². The van der Waals surface area contributed by atoms with E-state index >= 15 is 0 Å². The highest BCUT2D eigenvalue weighted by Crippen LogP contribution is 2.56. The zero-order chi connectivity index (χ0) is 37.8. The number of nitrogens with zero attached hydrogens (tertiary/aromatic N) is 2. The lowest BCUT2D eigenvalue weighted by Gasteiger charge is -2.34. The number of pyridine rings is 1. The number of fused-ring (bicyclic) bond motifs is 6. The summed E-state index contributed by atoms with van der Waals surface area (Å²) < 4.78 is 2.37. The van der Waals surface area contributed by atoms with E-state index in [0.717, 1.165) is 5.44 Å². The van der Waals surface area contributed by atoms with Crippen molar-refractivity contribution in [3.63, 3.8) is 0 Å². The zero-order valence-corrected chi connectivity index (χ0v) is 32.1. The smallest absolute Gasteiger partial charge is 0.0720 e. The van der Waals surface area contributed by atoms with Gasteiger partial charge in [-0.2, -0.15) is 0 Å². The maximum atomic E-state index is 5.02. The van der Waals surface area contributed by atoms with Crippen molar-refractivity contribution in [2.24, 2.45) is 0 Å². The maximum absolute atomic E-state index is 5.02. The van der Waals surface area contributed by atoms with Crippen LogP contribution in [-0.2, 0) is 5.41 Å². The molecule has 0 amide bonds. The van der Waals surface area contributed by atoms with E-state index in [-0.39, 0.29) is 0 Å². The van der Waals surface area contributed by atoms with Crippen molar-refractivity contribution in [3.8, 4) is 27.9 Å². The van der Waals surface area contributed by atoms with Crippen LogP contribution in [0.1, 0.15) is 22.3 Å².